The highest BCUT2D eigenvalue weighted by Gasteiger charge is 2.09. The molecule has 0 radical (unpaired) electrons. The van der Waals surface area contributed by atoms with Gasteiger partial charge < -0.3 is 5.32 Å². The zero-order valence-corrected chi connectivity index (χ0v) is 10.3. The van der Waals surface area contributed by atoms with E-state index in [1.165, 1.54) is 0 Å². The maximum atomic E-state index is 11.8. The molecule has 1 amide bonds. The zero-order chi connectivity index (χ0) is 12.1. The number of carbonyl (C=O) groups excluding carboxylic acids is 1. The van der Waals surface area contributed by atoms with Crippen molar-refractivity contribution in [2.45, 2.75) is 5.75 Å². The number of hydrogen-bond acceptors (Lipinski definition) is 3. The Labute approximate surface area is 104 Å². The summed E-state index contributed by atoms with van der Waals surface area (Å²) < 4.78 is 0. The number of carbonyl (C=O) groups is 1. The third-order valence-corrected chi connectivity index (χ3v) is 2.91. The van der Waals surface area contributed by atoms with E-state index in [9.17, 15) is 4.79 Å². The predicted octanol–water partition coefficient (Wildman–Crippen LogP) is 2.53. The highest BCUT2D eigenvalue weighted by molar-refractivity contribution is 7.97. The Morgan fingerprint density at radius 3 is 2.94 bits per heavy atom. The number of rotatable bonds is 4. The number of aromatic amines is 1. The van der Waals surface area contributed by atoms with E-state index in [0.29, 0.717) is 5.69 Å². The monoisotopic (exact) mass is 247 g/mol. The van der Waals surface area contributed by atoms with Crippen molar-refractivity contribution in [3.63, 3.8) is 0 Å². The molecule has 0 bridgehead atoms. The molecule has 1 aromatic carbocycles. The number of para-hydroxylation sites is 1. The van der Waals surface area contributed by atoms with Crippen molar-refractivity contribution in [1.82, 2.24) is 10.2 Å². The second-order valence-corrected chi connectivity index (χ2v) is 4.38. The largest absolute Gasteiger partial charge is 0.320 e. The van der Waals surface area contributed by atoms with E-state index in [1.54, 1.807) is 24.0 Å². The Hall–Kier alpha value is -1.75. The molecular weight excluding hydrogens is 234 g/mol. The van der Waals surface area contributed by atoms with Gasteiger partial charge in [-0.1, -0.05) is 18.2 Å². The normalized spacial score (nSPS) is 10.2. The molecule has 17 heavy (non-hydrogen) atoms. The van der Waals surface area contributed by atoms with Crippen LogP contribution in [-0.2, 0) is 5.75 Å². The fraction of sp³-hybridized carbons (Fsp3) is 0.167. The summed E-state index contributed by atoms with van der Waals surface area (Å²) in [5, 5.41) is 9.27. The molecule has 0 unspecified atom stereocenters. The second kappa shape index (κ2) is 5.54. The van der Waals surface area contributed by atoms with Crippen LogP contribution in [0.25, 0.3) is 0 Å². The molecular formula is C12H13N3OS. The summed E-state index contributed by atoms with van der Waals surface area (Å²) in [6.07, 6.45) is 3.59. The van der Waals surface area contributed by atoms with E-state index >= 15 is 0 Å². The van der Waals surface area contributed by atoms with Crippen LogP contribution in [0.4, 0.5) is 5.69 Å². The van der Waals surface area contributed by atoms with E-state index < -0.39 is 0 Å². The van der Waals surface area contributed by atoms with Gasteiger partial charge in [-0.2, -0.15) is 16.9 Å². The lowest BCUT2D eigenvalue weighted by atomic mass is 10.2. The number of thioether (sulfide) groups is 1. The van der Waals surface area contributed by atoms with Gasteiger partial charge in [-0.25, -0.2) is 0 Å². The first-order valence-corrected chi connectivity index (χ1v) is 6.58. The number of hydrogen-bond donors (Lipinski definition) is 2. The maximum Gasteiger partial charge on any atom is 0.273 e. The van der Waals surface area contributed by atoms with E-state index in [-0.39, 0.29) is 5.91 Å². The van der Waals surface area contributed by atoms with Gasteiger partial charge in [-0.15, -0.1) is 0 Å². The van der Waals surface area contributed by atoms with E-state index in [0.717, 1.165) is 17.0 Å². The lowest BCUT2D eigenvalue weighted by Crippen LogP contribution is -2.13. The van der Waals surface area contributed by atoms with Crippen LogP contribution in [0, 0.1) is 0 Å². The molecule has 0 fully saturated rings. The lowest BCUT2D eigenvalue weighted by Gasteiger charge is -2.09. The quantitative estimate of drug-likeness (QED) is 0.872. The van der Waals surface area contributed by atoms with Crippen molar-refractivity contribution in [2.24, 2.45) is 0 Å². The zero-order valence-electron chi connectivity index (χ0n) is 9.43. The van der Waals surface area contributed by atoms with Crippen LogP contribution in [-0.4, -0.2) is 22.4 Å². The van der Waals surface area contributed by atoms with Gasteiger partial charge in [0.2, 0.25) is 0 Å². The minimum absolute atomic E-state index is 0.170. The first-order chi connectivity index (χ1) is 8.31. The van der Waals surface area contributed by atoms with Crippen molar-refractivity contribution in [2.75, 3.05) is 11.6 Å². The fourth-order valence-electron chi connectivity index (χ4n) is 1.50. The van der Waals surface area contributed by atoms with Crippen LogP contribution >= 0.6 is 11.8 Å². The Morgan fingerprint density at radius 1 is 1.41 bits per heavy atom. The van der Waals surface area contributed by atoms with Crippen LogP contribution in [0.1, 0.15) is 16.1 Å². The van der Waals surface area contributed by atoms with Gasteiger partial charge >= 0.3 is 0 Å². The first kappa shape index (κ1) is 11.7. The molecule has 2 rings (SSSR count). The maximum absolute atomic E-state index is 11.8. The number of nitrogens with one attached hydrogen (secondary N) is 2. The number of H-pyrrole nitrogens is 1. The van der Waals surface area contributed by atoms with Crippen LogP contribution in [0.2, 0.25) is 0 Å². The molecule has 2 N–H and O–H groups in total. The average molecular weight is 247 g/mol. The summed E-state index contributed by atoms with van der Waals surface area (Å²) in [5.74, 6) is 0.704. The van der Waals surface area contributed by atoms with Crippen LogP contribution in [0.15, 0.2) is 36.5 Å². The summed E-state index contributed by atoms with van der Waals surface area (Å²) in [6.45, 7) is 0. The molecule has 0 aliphatic carbocycles. The SMILES string of the molecule is CSCc1ccccc1NC(=O)c1ccn[nH]1. The van der Waals surface area contributed by atoms with Gasteiger partial charge in [0.05, 0.1) is 0 Å². The van der Waals surface area contributed by atoms with Crippen LogP contribution < -0.4 is 5.32 Å². The average Bonchev–Trinajstić information content (AvgIpc) is 2.85. The van der Waals surface area contributed by atoms with E-state index in [2.05, 4.69) is 15.5 Å². The van der Waals surface area contributed by atoms with Gasteiger partial charge in [-0.05, 0) is 24.0 Å². The molecule has 1 aromatic heterocycles. The van der Waals surface area contributed by atoms with Crippen molar-refractivity contribution >= 4 is 23.4 Å². The topological polar surface area (TPSA) is 57.8 Å². The van der Waals surface area contributed by atoms with E-state index in [1.807, 2.05) is 30.5 Å². The van der Waals surface area contributed by atoms with Gasteiger partial charge in [-0.3, -0.25) is 9.89 Å². The van der Waals surface area contributed by atoms with Gasteiger partial charge in [0, 0.05) is 17.6 Å². The minimum Gasteiger partial charge on any atom is -0.320 e. The number of benzene rings is 1. The summed E-state index contributed by atoms with van der Waals surface area (Å²) in [5.41, 5.74) is 2.43. The second-order valence-electron chi connectivity index (χ2n) is 3.51. The summed E-state index contributed by atoms with van der Waals surface area (Å²) in [6, 6.07) is 9.44. The summed E-state index contributed by atoms with van der Waals surface area (Å²) in [4.78, 5) is 11.8. The van der Waals surface area contributed by atoms with Crippen molar-refractivity contribution in [3.8, 4) is 0 Å². The van der Waals surface area contributed by atoms with E-state index in [4.69, 9.17) is 0 Å². The summed E-state index contributed by atoms with van der Waals surface area (Å²) >= 11 is 1.72. The van der Waals surface area contributed by atoms with Crippen LogP contribution in [0.5, 0.6) is 0 Å². The number of amides is 1. The minimum atomic E-state index is -0.170. The van der Waals surface area contributed by atoms with Crippen molar-refractivity contribution in [3.05, 3.63) is 47.8 Å². The third kappa shape index (κ3) is 2.88. The first-order valence-electron chi connectivity index (χ1n) is 5.19. The Balaban J connectivity index is 2.15. The fourth-order valence-corrected chi connectivity index (χ4v) is 2.06. The van der Waals surface area contributed by atoms with Crippen LogP contribution in [0.3, 0.4) is 0 Å². The van der Waals surface area contributed by atoms with Crippen molar-refractivity contribution < 1.29 is 4.79 Å². The number of nitrogens with zero attached hydrogens (tertiary/aromatic N) is 1. The third-order valence-electron chi connectivity index (χ3n) is 2.31. The Bertz CT molecular complexity index is 496. The molecule has 0 aliphatic heterocycles. The molecule has 2 aromatic rings. The van der Waals surface area contributed by atoms with Gasteiger partial charge in [0.15, 0.2) is 0 Å². The van der Waals surface area contributed by atoms with Gasteiger partial charge in [0.25, 0.3) is 5.91 Å². The highest BCUT2D eigenvalue weighted by Crippen LogP contribution is 2.20. The molecule has 5 heteroatoms. The van der Waals surface area contributed by atoms with Crippen molar-refractivity contribution in [1.29, 1.82) is 0 Å². The molecule has 0 aliphatic rings. The molecule has 0 atom stereocenters. The predicted molar refractivity (Wildman–Crippen MR) is 70.2 cm³/mol. The Morgan fingerprint density at radius 2 is 2.24 bits per heavy atom. The summed E-state index contributed by atoms with van der Waals surface area (Å²) in [7, 11) is 0. The highest BCUT2D eigenvalue weighted by atomic mass is 32.2. The Kier molecular flexibility index (Phi) is 3.82. The lowest BCUT2D eigenvalue weighted by molar-refractivity contribution is 0.102. The molecule has 4 nitrogen and oxygen atoms in total. The van der Waals surface area contributed by atoms with Gasteiger partial charge in [0.1, 0.15) is 5.69 Å². The number of aromatic nitrogens is 2. The molecule has 0 saturated carbocycles. The smallest absolute Gasteiger partial charge is 0.273 e. The molecule has 0 spiro atoms. The molecule has 88 valence electrons. The molecule has 0 saturated heterocycles. The number of anilines is 1. The molecule has 1 heterocycles. The standard InChI is InChI=1S/C12H13N3OS/c1-17-8-9-4-2-3-5-10(9)14-12(16)11-6-7-13-15-11/h2-7H,8H2,1H3,(H,13,15)(H,14,16).